The Morgan fingerprint density at radius 1 is 1.16 bits per heavy atom. The number of thiophene rings is 2. The molecule has 0 aliphatic rings. The van der Waals surface area contributed by atoms with Crippen molar-refractivity contribution in [3.05, 3.63) is 58.0 Å². The molecule has 31 heavy (non-hydrogen) atoms. The maximum atomic E-state index is 12.7. The molecular weight excluding hydrogens is 474 g/mol. The van der Waals surface area contributed by atoms with Crippen LogP contribution in [0.4, 0.5) is 5.00 Å². The Balaban J connectivity index is 1.56. The molecule has 0 unspecified atom stereocenters. The van der Waals surface area contributed by atoms with Crippen LogP contribution in [-0.4, -0.2) is 34.2 Å². The van der Waals surface area contributed by atoms with Crippen LogP contribution in [0.3, 0.4) is 0 Å². The second-order valence-corrected chi connectivity index (χ2v) is 9.35. The SMILES string of the molecule is CCOC(=O)c1c(-c2ccccc2Cl)csc1NC(=O)CSc1ncnc2sccc12. The summed E-state index contributed by atoms with van der Waals surface area (Å²) in [5.41, 5.74) is 1.65. The number of hydrogen-bond acceptors (Lipinski definition) is 8. The quantitative estimate of drug-likeness (QED) is 0.195. The lowest BCUT2D eigenvalue weighted by molar-refractivity contribution is -0.113. The standard InChI is InChI=1S/C21H16ClN3O3S3/c1-2-28-21(27)17-14(12-5-3-4-6-15(12)22)9-30-20(17)25-16(26)10-31-19-13-7-8-29-18(13)23-11-24-19/h3-9,11H,2,10H2,1H3,(H,25,26). The van der Waals surface area contributed by atoms with E-state index in [-0.39, 0.29) is 18.3 Å². The van der Waals surface area contributed by atoms with E-state index in [1.165, 1.54) is 40.8 Å². The average molecular weight is 490 g/mol. The highest BCUT2D eigenvalue weighted by atomic mass is 35.5. The molecule has 1 N–H and O–H groups in total. The van der Waals surface area contributed by atoms with Gasteiger partial charge in [-0.1, -0.05) is 41.6 Å². The number of carbonyl (C=O) groups is 2. The van der Waals surface area contributed by atoms with Crippen molar-refractivity contribution in [1.82, 2.24) is 9.97 Å². The summed E-state index contributed by atoms with van der Waals surface area (Å²) in [6, 6.07) is 9.19. The summed E-state index contributed by atoms with van der Waals surface area (Å²) in [6.07, 6.45) is 1.49. The van der Waals surface area contributed by atoms with Gasteiger partial charge in [-0.15, -0.1) is 22.7 Å². The van der Waals surface area contributed by atoms with E-state index in [9.17, 15) is 9.59 Å². The first-order valence-electron chi connectivity index (χ1n) is 9.22. The number of anilines is 1. The summed E-state index contributed by atoms with van der Waals surface area (Å²) in [6.45, 7) is 1.96. The topological polar surface area (TPSA) is 81.2 Å². The number of nitrogens with one attached hydrogen (secondary N) is 1. The van der Waals surface area contributed by atoms with E-state index < -0.39 is 5.97 Å². The van der Waals surface area contributed by atoms with Gasteiger partial charge < -0.3 is 10.1 Å². The molecule has 0 radical (unpaired) electrons. The third-order valence-electron chi connectivity index (χ3n) is 4.25. The van der Waals surface area contributed by atoms with Crippen LogP contribution in [0.25, 0.3) is 21.3 Å². The first kappa shape index (κ1) is 21.8. The number of fused-ring (bicyclic) bond motifs is 1. The molecule has 3 heterocycles. The minimum absolute atomic E-state index is 0.142. The highest BCUT2D eigenvalue weighted by Gasteiger charge is 2.24. The zero-order valence-electron chi connectivity index (χ0n) is 16.3. The molecule has 4 rings (SSSR count). The third-order valence-corrected chi connectivity index (χ3v) is 7.30. The van der Waals surface area contributed by atoms with E-state index in [1.807, 2.05) is 29.6 Å². The fourth-order valence-electron chi connectivity index (χ4n) is 2.91. The summed E-state index contributed by atoms with van der Waals surface area (Å²) < 4.78 is 5.23. The summed E-state index contributed by atoms with van der Waals surface area (Å²) in [5, 5.41) is 9.21. The Bertz CT molecular complexity index is 1250. The normalized spacial score (nSPS) is 10.9. The molecule has 3 aromatic heterocycles. The number of hydrogen-bond donors (Lipinski definition) is 1. The molecule has 10 heteroatoms. The summed E-state index contributed by atoms with van der Waals surface area (Å²) in [7, 11) is 0. The van der Waals surface area contributed by atoms with Gasteiger partial charge in [0.25, 0.3) is 0 Å². The number of aromatic nitrogens is 2. The van der Waals surface area contributed by atoms with Crippen molar-refractivity contribution in [3.8, 4) is 11.1 Å². The minimum Gasteiger partial charge on any atom is -0.462 e. The number of benzene rings is 1. The number of halogens is 1. The molecule has 6 nitrogen and oxygen atoms in total. The number of rotatable bonds is 7. The number of amides is 1. The second-order valence-electron chi connectivity index (χ2n) is 6.21. The Morgan fingerprint density at radius 2 is 2.00 bits per heavy atom. The van der Waals surface area contributed by atoms with Gasteiger partial charge in [0.1, 0.15) is 26.7 Å². The Hall–Kier alpha value is -2.46. The lowest BCUT2D eigenvalue weighted by Gasteiger charge is -2.09. The van der Waals surface area contributed by atoms with Gasteiger partial charge in [-0.2, -0.15) is 0 Å². The fraction of sp³-hybridized carbons (Fsp3) is 0.143. The van der Waals surface area contributed by atoms with E-state index in [0.717, 1.165) is 15.2 Å². The van der Waals surface area contributed by atoms with E-state index in [4.69, 9.17) is 16.3 Å². The largest absolute Gasteiger partial charge is 0.462 e. The Labute approximate surface area is 195 Å². The Kier molecular flexibility index (Phi) is 6.86. The predicted molar refractivity (Wildman–Crippen MR) is 127 cm³/mol. The minimum atomic E-state index is -0.502. The van der Waals surface area contributed by atoms with Crippen LogP contribution < -0.4 is 5.32 Å². The monoisotopic (exact) mass is 489 g/mol. The zero-order chi connectivity index (χ0) is 21.8. The molecule has 0 fully saturated rings. The van der Waals surface area contributed by atoms with Crippen molar-refractivity contribution in [1.29, 1.82) is 0 Å². The first-order valence-corrected chi connectivity index (χ1v) is 12.3. The number of ether oxygens (including phenoxy) is 1. The number of nitrogens with zero attached hydrogens (tertiary/aromatic N) is 2. The number of carbonyl (C=O) groups excluding carboxylic acids is 2. The van der Waals surface area contributed by atoms with Crippen LogP contribution in [0.2, 0.25) is 5.02 Å². The lowest BCUT2D eigenvalue weighted by Crippen LogP contribution is -2.16. The summed E-state index contributed by atoms with van der Waals surface area (Å²) in [4.78, 5) is 34.7. The molecule has 0 aliphatic carbocycles. The number of thioether (sulfide) groups is 1. The summed E-state index contributed by atoms with van der Waals surface area (Å²) in [5.74, 6) is -0.605. The zero-order valence-corrected chi connectivity index (χ0v) is 19.5. The molecule has 0 atom stereocenters. The van der Waals surface area contributed by atoms with Gasteiger partial charge in [0.05, 0.1) is 12.4 Å². The van der Waals surface area contributed by atoms with E-state index in [1.54, 1.807) is 18.4 Å². The van der Waals surface area contributed by atoms with Crippen LogP contribution in [0.5, 0.6) is 0 Å². The molecule has 158 valence electrons. The fourth-order valence-corrected chi connectivity index (χ4v) is 5.69. The van der Waals surface area contributed by atoms with Gasteiger partial charge in [-0.05, 0) is 24.4 Å². The van der Waals surface area contributed by atoms with Crippen molar-refractivity contribution in [2.75, 3.05) is 17.7 Å². The van der Waals surface area contributed by atoms with Gasteiger partial charge in [-0.25, -0.2) is 14.8 Å². The van der Waals surface area contributed by atoms with E-state index >= 15 is 0 Å². The third kappa shape index (κ3) is 4.74. The van der Waals surface area contributed by atoms with Crippen molar-refractivity contribution in [2.45, 2.75) is 11.9 Å². The summed E-state index contributed by atoms with van der Waals surface area (Å²) >= 11 is 10.4. The van der Waals surface area contributed by atoms with Crippen molar-refractivity contribution < 1.29 is 14.3 Å². The first-order chi connectivity index (χ1) is 15.1. The van der Waals surface area contributed by atoms with Crippen molar-refractivity contribution >= 4 is 73.1 Å². The maximum absolute atomic E-state index is 12.7. The average Bonchev–Trinajstić information content (AvgIpc) is 3.40. The van der Waals surface area contributed by atoms with Crippen LogP contribution in [-0.2, 0) is 9.53 Å². The number of esters is 1. The molecule has 0 saturated heterocycles. The van der Waals surface area contributed by atoms with Crippen LogP contribution >= 0.6 is 46.0 Å². The van der Waals surface area contributed by atoms with E-state index in [2.05, 4.69) is 15.3 Å². The van der Waals surface area contributed by atoms with Crippen LogP contribution in [0.15, 0.2) is 52.4 Å². The van der Waals surface area contributed by atoms with E-state index in [0.29, 0.717) is 26.7 Å². The lowest BCUT2D eigenvalue weighted by atomic mass is 10.0. The molecular formula is C21H16ClN3O3S3. The van der Waals surface area contributed by atoms with Crippen molar-refractivity contribution in [2.24, 2.45) is 0 Å². The van der Waals surface area contributed by atoms with Gasteiger partial charge in [0.15, 0.2) is 0 Å². The van der Waals surface area contributed by atoms with Gasteiger partial charge >= 0.3 is 5.97 Å². The Morgan fingerprint density at radius 3 is 2.81 bits per heavy atom. The molecule has 1 aromatic carbocycles. The second kappa shape index (κ2) is 9.78. The van der Waals surface area contributed by atoms with Gasteiger partial charge in [0.2, 0.25) is 5.91 Å². The van der Waals surface area contributed by atoms with Crippen LogP contribution in [0.1, 0.15) is 17.3 Å². The highest BCUT2D eigenvalue weighted by molar-refractivity contribution is 8.00. The molecule has 0 aliphatic heterocycles. The molecule has 0 bridgehead atoms. The predicted octanol–water partition coefficient (Wildman–Crippen LogP) is 5.98. The van der Waals surface area contributed by atoms with Gasteiger partial charge in [0, 0.05) is 26.9 Å². The highest BCUT2D eigenvalue weighted by Crippen LogP contribution is 2.39. The molecule has 1 amide bonds. The van der Waals surface area contributed by atoms with Crippen LogP contribution in [0, 0.1) is 0 Å². The smallest absolute Gasteiger partial charge is 0.341 e. The molecule has 0 spiro atoms. The molecule has 4 aromatic rings. The molecule has 0 saturated carbocycles. The van der Waals surface area contributed by atoms with Crippen molar-refractivity contribution in [3.63, 3.8) is 0 Å². The van der Waals surface area contributed by atoms with Gasteiger partial charge in [-0.3, -0.25) is 4.79 Å². The maximum Gasteiger partial charge on any atom is 0.341 e.